The monoisotopic (exact) mass is 307 g/mol. The highest BCUT2D eigenvalue weighted by atomic mass is 35.5. The van der Waals surface area contributed by atoms with Crippen molar-refractivity contribution in [3.8, 4) is 0 Å². The molecule has 0 aromatic carbocycles. The van der Waals surface area contributed by atoms with Gasteiger partial charge in [0, 0.05) is 37.1 Å². The van der Waals surface area contributed by atoms with E-state index in [-0.39, 0.29) is 0 Å². The molecule has 4 nitrogen and oxygen atoms in total. The van der Waals surface area contributed by atoms with Crippen molar-refractivity contribution >= 4 is 22.8 Å². The molecule has 0 bridgehead atoms. The zero-order chi connectivity index (χ0) is 14.8. The molecule has 3 rings (SSSR count). The van der Waals surface area contributed by atoms with Crippen molar-refractivity contribution in [2.24, 2.45) is 5.92 Å². The summed E-state index contributed by atoms with van der Waals surface area (Å²) in [5.41, 5.74) is 2.97. The maximum atomic E-state index is 5.94. The molecule has 21 heavy (non-hydrogen) atoms. The molecule has 2 aromatic rings. The zero-order valence-electron chi connectivity index (χ0n) is 12.7. The smallest absolute Gasteiger partial charge is 0.160 e. The number of aromatic nitrogens is 3. The van der Waals surface area contributed by atoms with Crippen LogP contribution in [-0.4, -0.2) is 33.1 Å². The molecule has 0 spiro atoms. The fourth-order valence-corrected chi connectivity index (χ4v) is 3.37. The minimum absolute atomic E-state index is 0.358. The molecule has 2 atom stereocenters. The van der Waals surface area contributed by atoms with Crippen LogP contribution in [0.5, 0.6) is 0 Å². The standard InChI is InChI=1S/C16H22ClN3O/c1-3-14-12(7-9-21-14)10-20-15(6-8-17)19-13-5-4-11(2)18-16(13)20/h4-5,12,14H,3,6-10H2,1-2H3. The first-order valence-electron chi connectivity index (χ1n) is 7.73. The van der Waals surface area contributed by atoms with E-state index in [0.29, 0.717) is 17.9 Å². The third-order valence-corrected chi connectivity index (χ3v) is 4.48. The lowest BCUT2D eigenvalue weighted by atomic mass is 9.99. The summed E-state index contributed by atoms with van der Waals surface area (Å²) in [4.78, 5) is 9.40. The molecule has 0 amide bonds. The van der Waals surface area contributed by atoms with Gasteiger partial charge < -0.3 is 9.30 Å². The van der Waals surface area contributed by atoms with Crippen LogP contribution in [0.2, 0.25) is 0 Å². The molecule has 0 N–H and O–H groups in total. The second kappa shape index (κ2) is 6.32. The van der Waals surface area contributed by atoms with Gasteiger partial charge in [0.05, 0.1) is 6.10 Å². The number of fused-ring (bicyclic) bond motifs is 1. The molecule has 3 heterocycles. The highest BCUT2D eigenvalue weighted by molar-refractivity contribution is 6.17. The molecule has 0 saturated carbocycles. The Morgan fingerprint density at radius 1 is 1.38 bits per heavy atom. The third-order valence-electron chi connectivity index (χ3n) is 4.29. The fourth-order valence-electron chi connectivity index (χ4n) is 3.20. The van der Waals surface area contributed by atoms with E-state index in [0.717, 1.165) is 55.1 Å². The molecule has 0 radical (unpaired) electrons. The largest absolute Gasteiger partial charge is 0.378 e. The first-order valence-corrected chi connectivity index (χ1v) is 8.26. The van der Waals surface area contributed by atoms with Gasteiger partial charge in [0.15, 0.2) is 5.65 Å². The summed E-state index contributed by atoms with van der Waals surface area (Å²) in [5, 5.41) is 0. The van der Waals surface area contributed by atoms with Gasteiger partial charge in [0.2, 0.25) is 0 Å². The van der Waals surface area contributed by atoms with E-state index in [1.54, 1.807) is 0 Å². The number of nitrogens with zero attached hydrogens (tertiary/aromatic N) is 3. The van der Waals surface area contributed by atoms with Crippen LogP contribution in [0.4, 0.5) is 0 Å². The lowest BCUT2D eigenvalue weighted by Crippen LogP contribution is -2.21. The number of aryl methyl sites for hydroxylation is 2. The van der Waals surface area contributed by atoms with Gasteiger partial charge in [-0.25, -0.2) is 9.97 Å². The summed E-state index contributed by atoms with van der Waals surface area (Å²) in [7, 11) is 0. The number of hydrogen-bond donors (Lipinski definition) is 0. The van der Waals surface area contributed by atoms with Crippen LogP contribution in [0.15, 0.2) is 12.1 Å². The minimum atomic E-state index is 0.358. The summed E-state index contributed by atoms with van der Waals surface area (Å²) < 4.78 is 8.08. The molecular formula is C16H22ClN3O. The number of hydrogen-bond acceptors (Lipinski definition) is 3. The van der Waals surface area contributed by atoms with Gasteiger partial charge in [-0.3, -0.25) is 0 Å². The number of rotatable bonds is 5. The van der Waals surface area contributed by atoms with E-state index in [1.165, 1.54) is 0 Å². The Morgan fingerprint density at radius 3 is 3.00 bits per heavy atom. The molecule has 2 unspecified atom stereocenters. The second-order valence-electron chi connectivity index (χ2n) is 5.74. The average Bonchev–Trinajstić information content (AvgIpc) is 3.05. The van der Waals surface area contributed by atoms with E-state index >= 15 is 0 Å². The fraction of sp³-hybridized carbons (Fsp3) is 0.625. The Hall–Kier alpha value is -1.13. The lowest BCUT2D eigenvalue weighted by Gasteiger charge is -2.19. The SMILES string of the molecule is CCC1OCCC1Cn1c(CCCl)nc2ccc(C)nc21. The Balaban J connectivity index is 1.98. The van der Waals surface area contributed by atoms with Crippen LogP contribution < -0.4 is 0 Å². The predicted octanol–water partition coefficient (Wildman–Crippen LogP) is 3.34. The average molecular weight is 308 g/mol. The van der Waals surface area contributed by atoms with Gasteiger partial charge >= 0.3 is 0 Å². The second-order valence-corrected chi connectivity index (χ2v) is 6.12. The lowest BCUT2D eigenvalue weighted by molar-refractivity contribution is 0.0835. The topological polar surface area (TPSA) is 39.9 Å². The van der Waals surface area contributed by atoms with Crippen molar-refractivity contribution in [2.75, 3.05) is 12.5 Å². The van der Waals surface area contributed by atoms with Gasteiger partial charge in [-0.15, -0.1) is 11.6 Å². The molecule has 1 fully saturated rings. The number of pyridine rings is 1. The number of halogens is 1. The molecule has 1 saturated heterocycles. The van der Waals surface area contributed by atoms with Crippen molar-refractivity contribution in [1.29, 1.82) is 0 Å². The van der Waals surface area contributed by atoms with Crippen molar-refractivity contribution < 1.29 is 4.74 Å². The predicted molar refractivity (Wildman–Crippen MR) is 84.8 cm³/mol. The Kier molecular flexibility index (Phi) is 4.45. The minimum Gasteiger partial charge on any atom is -0.378 e. The van der Waals surface area contributed by atoms with E-state index in [2.05, 4.69) is 16.5 Å². The van der Waals surface area contributed by atoms with Crippen molar-refractivity contribution in [1.82, 2.24) is 14.5 Å². The van der Waals surface area contributed by atoms with Crippen LogP contribution in [-0.2, 0) is 17.7 Å². The first kappa shape index (κ1) is 14.8. The molecule has 0 aliphatic carbocycles. The third kappa shape index (κ3) is 2.92. The quantitative estimate of drug-likeness (QED) is 0.795. The summed E-state index contributed by atoms with van der Waals surface area (Å²) in [5.74, 6) is 2.17. The van der Waals surface area contributed by atoms with Crippen molar-refractivity contribution in [3.05, 3.63) is 23.7 Å². The summed E-state index contributed by atoms with van der Waals surface area (Å²) in [6.07, 6.45) is 3.32. The van der Waals surface area contributed by atoms with Gasteiger partial charge in [0.1, 0.15) is 11.3 Å². The normalized spacial score (nSPS) is 22.2. The summed E-state index contributed by atoms with van der Waals surface area (Å²) in [6.45, 7) is 6.01. The molecule has 114 valence electrons. The molecule has 1 aliphatic rings. The first-order chi connectivity index (χ1) is 10.2. The van der Waals surface area contributed by atoms with Gasteiger partial charge in [-0.2, -0.15) is 0 Å². The number of ether oxygens (including phenoxy) is 1. The maximum absolute atomic E-state index is 5.94. The highest BCUT2D eigenvalue weighted by Gasteiger charge is 2.28. The van der Waals surface area contributed by atoms with Gasteiger partial charge in [-0.1, -0.05) is 6.92 Å². The van der Waals surface area contributed by atoms with Crippen LogP contribution in [0.3, 0.4) is 0 Å². The van der Waals surface area contributed by atoms with E-state index in [1.807, 2.05) is 19.1 Å². The van der Waals surface area contributed by atoms with E-state index in [9.17, 15) is 0 Å². The van der Waals surface area contributed by atoms with Crippen LogP contribution in [0, 0.1) is 12.8 Å². The molecule has 2 aromatic heterocycles. The molecule has 5 heteroatoms. The van der Waals surface area contributed by atoms with Gasteiger partial charge in [0.25, 0.3) is 0 Å². The van der Waals surface area contributed by atoms with Crippen molar-refractivity contribution in [2.45, 2.75) is 45.8 Å². The van der Waals surface area contributed by atoms with Crippen LogP contribution in [0.25, 0.3) is 11.2 Å². The number of imidazole rings is 1. The summed E-state index contributed by atoms with van der Waals surface area (Å²) >= 11 is 5.94. The number of alkyl halides is 1. The zero-order valence-corrected chi connectivity index (χ0v) is 13.4. The van der Waals surface area contributed by atoms with Gasteiger partial charge in [-0.05, 0) is 31.9 Å². The van der Waals surface area contributed by atoms with Crippen molar-refractivity contribution in [3.63, 3.8) is 0 Å². The Bertz CT molecular complexity index is 625. The maximum Gasteiger partial charge on any atom is 0.160 e. The summed E-state index contributed by atoms with van der Waals surface area (Å²) in [6, 6.07) is 4.06. The van der Waals surface area contributed by atoms with E-state index in [4.69, 9.17) is 21.3 Å². The molecule has 1 aliphatic heterocycles. The Morgan fingerprint density at radius 2 is 2.24 bits per heavy atom. The molecular weight excluding hydrogens is 286 g/mol. The van der Waals surface area contributed by atoms with Crippen LogP contribution >= 0.6 is 11.6 Å². The highest BCUT2D eigenvalue weighted by Crippen LogP contribution is 2.27. The Labute approximate surface area is 130 Å². The van der Waals surface area contributed by atoms with E-state index < -0.39 is 0 Å². The van der Waals surface area contributed by atoms with Crippen LogP contribution in [0.1, 0.15) is 31.3 Å².